The van der Waals surface area contributed by atoms with Crippen LogP contribution in [0.1, 0.15) is 33.5 Å². The molecule has 0 radical (unpaired) electrons. The minimum Gasteiger partial charge on any atom is -0.505 e. The van der Waals surface area contributed by atoms with E-state index in [2.05, 4.69) is 10.4 Å². The van der Waals surface area contributed by atoms with Gasteiger partial charge in [-0.15, -0.1) is 0 Å². The molecule has 0 atom stereocenters. The first kappa shape index (κ1) is 14.6. The molecule has 1 amide bonds. The second-order valence-corrected chi connectivity index (χ2v) is 4.45. The van der Waals surface area contributed by atoms with E-state index in [0.29, 0.717) is 17.9 Å². The summed E-state index contributed by atoms with van der Waals surface area (Å²) in [5.41, 5.74) is 0.815. The molecular weight excluding hydrogens is 274 g/mol. The fraction of sp³-hybridized carbons (Fsp3) is 0.214. The Bertz CT molecular complexity index is 706. The number of phenols is 1. The van der Waals surface area contributed by atoms with E-state index >= 15 is 0 Å². The van der Waals surface area contributed by atoms with Crippen LogP contribution in [0.15, 0.2) is 24.3 Å². The first-order valence-corrected chi connectivity index (χ1v) is 6.35. The van der Waals surface area contributed by atoms with E-state index < -0.39 is 17.6 Å². The van der Waals surface area contributed by atoms with Crippen LogP contribution in [0.4, 0.5) is 5.69 Å². The summed E-state index contributed by atoms with van der Waals surface area (Å²) in [5, 5.41) is 25.5. The highest BCUT2D eigenvalue weighted by molar-refractivity contribution is 6.05. The predicted octanol–water partition coefficient (Wildman–Crippen LogP) is 1.87. The number of nitrogens with one attached hydrogen (secondary N) is 1. The number of rotatable bonds is 4. The molecule has 7 heteroatoms. The van der Waals surface area contributed by atoms with Crippen LogP contribution >= 0.6 is 0 Å². The minimum atomic E-state index is -1.27. The number of carbonyl (C=O) groups is 2. The number of aryl methyl sites for hydroxylation is 2. The third-order valence-electron chi connectivity index (χ3n) is 2.95. The molecule has 0 unspecified atom stereocenters. The molecule has 2 rings (SSSR count). The van der Waals surface area contributed by atoms with Gasteiger partial charge in [-0.2, -0.15) is 5.10 Å². The number of aromatic hydroxyl groups is 1. The third kappa shape index (κ3) is 2.86. The van der Waals surface area contributed by atoms with Crippen LogP contribution in [0.3, 0.4) is 0 Å². The number of carboxylic acid groups (broad SMARTS) is 1. The molecule has 0 spiro atoms. The zero-order chi connectivity index (χ0) is 15.6. The largest absolute Gasteiger partial charge is 0.505 e. The summed E-state index contributed by atoms with van der Waals surface area (Å²) in [7, 11) is 0. The first-order chi connectivity index (χ1) is 9.93. The van der Waals surface area contributed by atoms with Gasteiger partial charge in [-0.1, -0.05) is 6.07 Å². The van der Waals surface area contributed by atoms with Crippen molar-refractivity contribution in [3.8, 4) is 5.75 Å². The number of hydrogen-bond acceptors (Lipinski definition) is 4. The van der Waals surface area contributed by atoms with Crippen molar-refractivity contribution < 1.29 is 19.8 Å². The van der Waals surface area contributed by atoms with Crippen molar-refractivity contribution in [3.63, 3.8) is 0 Å². The lowest BCUT2D eigenvalue weighted by atomic mass is 10.1. The zero-order valence-corrected chi connectivity index (χ0v) is 11.6. The van der Waals surface area contributed by atoms with Crippen molar-refractivity contribution in [1.29, 1.82) is 0 Å². The average Bonchev–Trinajstić information content (AvgIpc) is 2.82. The maximum Gasteiger partial charge on any atom is 0.339 e. The van der Waals surface area contributed by atoms with Crippen LogP contribution < -0.4 is 5.32 Å². The minimum absolute atomic E-state index is 0.0430. The fourth-order valence-electron chi connectivity index (χ4n) is 1.97. The van der Waals surface area contributed by atoms with Crippen LogP contribution in [0.5, 0.6) is 5.75 Å². The van der Waals surface area contributed by atoms with Gasteiger partial charge in [0.15, 0.2) is 5.75 Å². The second kappa shape index (κ2) is 5.66. The van der Waals surface area contributed by atoms with E-state index in [0.717, 1.165) is 0 Å². The summed E-state index contributed by atoms with van der Waals surface area (Å²) in [5.74, 6) is -2.20. The molecule has 1 heterocycles. The summed E-state index contributed by atoms with van der Waals surface area (Å²) in [6.45, 7) is 4.15. The molecule has 7 nitrogen and oxygen atoms in total. The maximum absolute atomic E-state index is 12.2. The summed E-state index contributed by atoms with van der Waals surface area (Å²) < 4.78 is 1.53. The lowest BCUT2D eigenvalue weighted by molar-refractivity contribution is 0.0693. The fourth-order valence-corrected chi connectivity index (χ4v) is 1.97. The summed E-state index contributed by atoms with van der Waals surface area (Å²) in [6, 6.07) is 5.75. The number of benzene rings is 1. The molecule has 0 aliphatic rings. The monoisotopic (exact) mass is 289 g/mol. The van der Waals surface area contributed by atoms with Gasteiger partial charge in [0, 0.05) is 6.54 Å². The molecule has 3 N–H and O–H groups in total. The Morgan fingerprint density at radius 3 is 2.71 bits per heavy atom. The van der Waals surface area contributed by atoms with Crippen molar-refractivity contribution in [1.82, 2.24) is 9.78 Å². The summed E-state index contributed by atoms with van der Waals surface area (Å²) in [6.07, 6.45) is 0. The number of aromatic nitrogens is 2. The number of carboxylic acids is 1. The van der Waals surface area contributed by atoms with Crippen LogP contribution in [-0.2, 0) is 6.54 Å². The van der Waals surface area contributed by atoms with Gasteiger partial charge in [-0.05, 0) is 32.0 Å². The SMILES string of the molecule is CCn1nc(C)cc1C(=O)Nc1cccc(C(=O)O)c1O. The van der Waals surface area contributed by atoms with E-state index in [1.54, 1.807) is 13.0 Å². The van der Waals surface area contributed by atoms with Crippen molar-refractivity contribution in [2.45, 2.75) is 20.4 Å². The van der Waals surface area contributed by atoms with Crippen LogP contribution in [0.2, 0.25) is 0 Å². The van der Waals surface area contributed by atoms with Crippen LogP contribution in [0.25, 0.3) is 0 Å². The molecule has 0 aliphatic heterocycles. The van der Waals surface area contributed by atoms with E-state index in [9.17, 15) is 14.7 Å². The van der Waals surface area contributed by atoms with E-state index in [-0.39, 0.29) is 11.3 Å². The quantitative estimate of drug-likeness (QED) is 0.745. The van der Waals surface area contributed by atoms with E-state index in [4.69, 9.17) is 5.11 Å². The number of carbonyl (C=O) groups excluding carboxylic acids is 1. The standard InChI is InChI=1S/C14H15N3O4/c1-3-17-11(7-8(2)16-17)13(19)15-10-6-4-5-9(12(10)18)14(20)21/h4-7,18H,3H2,1-2H3,(H,15,19)(H,20,21). The van der Waals surface area contributed by atoms with E-state index in [1.165, 1.54) is 22.9 Å². The predicted molar refractivity (Wildman–Crippen MR) is 75.7 cm³/mol. The van der Waals surface area contributed by atoms with E-state index in [1.807, 2.05) is 6.92 Å². The molecule has 0 bridgehead atoms. The Morgan fingerprint density at radius 1 is 1.38 bits per heavy atom. The van der Waals surface area contributed by atoms with Crippen molar-refractivity contribution in [2.75, 3.05) is 5.32 Å². The molecule has 21 heavy (non-hydrogen) atoms. The lowest BCUT2D eigenvalue weighted by Gasteiger charge is -2.09. The summed E-state index contributed by atoms with van der Waals surface area (Å²) in [4.78, 5) is 23.2. The Morgan fingerprint density at radius 2 is 2.10 bits per heavy atom. The third-order valence-corrected chi connectivity index (χ3v) is 2.95. The normalized spacial score (nSPS) is 10.4. The summed E-state index contributed by atoms with van der Waals surface area (Å²) >= 11 is 0. The van der Waals surface area contributed by atoms with Gasteiger partial charge in [0.25, 0.3) is 5.91 Å². The van der Waals surface area contributed by atoms with Crippen molar-refractivity contribution in [3.05, 3.63) is 41.2 Å². The highest BCUT2D eigenvalue weighted by Gasteiger charge is 2.17. The van der Waals surface area contributed by atoms with Gasteiger partial charge in [0.2, 0.25) is 0 Å². The number of amides is 1. The maximum atomic E-state index is 12.2. The van der Waals surface area contributed by atoms with Gasteiger partial charge < -0.3 is 15.5 Å². The zero-order valence-electron chi connectivity index (χ0n) is 11.6. The Hall–Kier alpha value is -2.83. The number of anilines is 1. The van der Waals surface area contributed by atoms with Gasteiger partial charge >= 0.3 is 5.97 Å². The Balaban J connectivity index is 2.32. The van der Waals surface area contributed by atoms with Gasteiger partial charge in [-0.3, -0.25) is 9.48 Å². The molecule has 1 aromatic heterocycles. The molecule has 0 aliphatic carbocycles. The number of aromatic carboxylic acids is 1. The number of nitrogens with zero attached hydrogens (tertiary/aromatic N) is 2. The smallest absolute Gasteiger partial charge is 0.339 e. The molecule has 2 aromatic rings. The number of para-hydroxylation sites is 1. The van der Waals surface area contributed by atoms with Crippen molar-refractivity contribution >= 4 is 17.6 Å². The number of hydrogen-bond donors (Lipinski definition) is 3. The molecule has 0 fully saturated rings. The highest BCUT2D eigenvalue weighted by Crippen LogP contribution is 2.27. The van der Waals surface area contributed by atoms with Crippen molar-refractivity contribution in [2.24, 2.45) is 0 Å². The average molecular weight is 289 g/mol. The molecule has 1 aromatic carbocycles. The second-order valence-electron chi connectivity index (χ2n) is 4.45. The molecule has 110 valence electrons. The molecular formula is C14H15N3O4. The Kier molecular flexibility index (Phi) is 3.93. The van der Waals surface area contributed by atoms with Crippen LogP contribution in [0, 0.1) is 6.92 Å². The topological polar surface area (TPSA) is 104 Å². The molecule has 0 saturated heterocycles. The Labute approximate surface area is 120 Å². The lowest BCUT2D eigenvalue weighted by Crippen LogP contribution is -2.17. The van der Waals surface area contributed by atoms with Gasteiger partial charge in [-0.25, -0.2) is 4.79 Å². The first-order valence-electron chi connectivity index (χ1n) is 6.35. The molecule has 0 saturated carbocycles. The van der Waals surface area contributed by atoms with Crippen LogP contribution in [-0.4, -0.2) is 31.9 Å². The van der Waals surface area contributed by atoms with Gasteiger partial charge in [0.1, 0.15) is 11.3 Å². The van der Waals surface area contributed by atoms with Gasteiger partial charge in [0.05, 0.1) is 11.4 Å². The highest BCUT2D eigenvalue weighted by atomic mass is 16.4.